The highest BCUT2D eigenvalue weighted by Gasteiger charge is 1.99. The fourth-order valence-corrected chi connectivity index (χ4v) is 1.45. The molecule has 2 atom stereocenters. The van der Waals surface area contributed by atoms with Gasteiger partial charge in [0.05, 0.1) is 0 Å². The topological polar surface area (TPSA) is 93.1 Å². The van der Waals surface area contributed by atoms with Crippen molar-refractivity contribution in [1.82, 2.24) is 0 Å². The molecular formula is C6H8O6P2. The van der Waals surface area contributed by atoms with Crippen molar-refractivity contribution >= 4 is 16.5 Å². The van der Waals surface area contributed by atoms with Gasteiger partial charge in [0, 0.05) is 0 Å². The second-order valence-corrected chi connectivity index (χ2v) is 3.68. The molecule has 0 aromatic heterocycles. The van der Waals surface area contributed by atoms with Crippen molar-refractivity contribution in [2.45, 2.75) is 0 Å². The van der Waals surface area contributed by atoms with Gasteiger partial charge in [0.2, 0.25) is 0 Å². The molecule has 0 heterocycles. The highest BCUT2D eigenvalue weighted by atomic mass is 31.1. The number of benzene rings is 1. The highest BCUT2D eigenvalue weighted by Crippen LogP contribution is 2.28. The lowest BCUT2D eigenvalue weighted by Crippen LogP contribution is -1.82. The van der Waals surface area contributed by atoms with Gasteiger partial charge < -0.3 is 18.8 Å². The summed E-state index contributed by atoms with van der Waals surface area (Å²) < 4.78 is 29.5. The quantitative estimate of drug-likeness (QED) is 0.765. The molecule has 1 rings (SSSR count). The van der Waals surface area contributed by atoms with Crippen LogP contribution in [0.4, 0.5) is 0 Å². The zero-order valence-electron chi connectivity index (χ0n) is 6.84. The van der Waals surface area contributed by atoms with Gasteiger partial charge in [-0.2, -0.15) is 0 Å². The Hall–Kier alpha value is -0.800. The Morgan fingerprint density at radius 1 is 0.857 bits per heavy atom. The van der Waals surface area contributed by atoms with E-state index in [2.05, 4.69) is 9.05 Å². The van der Waals surface area contributed by atoms with Gasteiger partial charge in [-0.25, -0.2) is 9.13 Å². The van der Waals surface area contributed by atoms with E-state index in [1.807, 2.05) is 0 Å². The predicted molar refractivity (Wildman–Crippen MR) is 50.1 cm³/mol. The maximum absolute atomic E-state index is 10.3. The third kappa shape index (κ3) is 3.94. The average Bonchev–Trinajstić information content (AvgIpc) is 2.06. The Morgan fingerprint density at radius 3 is 1.36 bits per heavy atom. The fourth-order valence-electron chi connectivity index (χ4n) is 0.777. The molecule has 0 fully saturated rings. The van der Waals surface area contributed by atoms with Crippen LogP contribution in [0.2, 0.25) is 0 Å². The highest BCUT2D eigenvalue weighted by molar-refractivity contribution is 7.32. The summed E-state index contributed by atoms with van der Waals surface area (Å²) >= 11 is 0. The van der Waals surface area contributed by atoms with E-state index in [1.165, 1.54) is 24.3 Å². The normalized spacial score (nSPS) is 14.4. The second kappa shape index (κ2) is 5.17. The summed E-state index contributed by atoms with van der Waals surface area (Å²) in [6.07, 6.45) is 0. The largest absolute Gasteiger partial charge is 0.426 e. The maximum atomic E-state index is 10.3. The first-order chi connectivity index (χ1) is 6.58. The fraction of sp³-hybridized carbons (Fsp3) is 0. The van der Waals surface area contributed by atoms with Gasteiger partial charge in [-0.1, -0.05) is 0 Å². The summed E-state index contributed by atoms with van der Waals surface area (Å²) in [6, 6.07) is 5.44. The van der Waals surface area contributed by atoms with Crippen molar-refractivity contribution in [2.24, 2.45) is 0 Å². The second-order valence-electron chi connectivity index (χ2n) is 2.21. The summed E-state index contributed by atoms with van der Waals surface area (Å²) in [7, 11) is -6.04. The number of hydrogen-bond donors (Lipinski definition) is 2. The van der Waals surface area contributed by atoms with Crippen molar-refractivity contribution in [1.29, 1.82) is 0 Å². The van der Waals surface area contributed by atoms with Crippen molar-refractivity contribution in [3.8, 4) is 11.5 Å². The zero-order valence-corrected chi connectivity index (χ0v) is 8.84. The summed E-state index contributed by atoms with van der Waals surface area (Å²) in [5, 5.41) is 0. The SMILES string of the molecule is O=[PH](O)Oc1ccc(O[PH](=O)O)cc1. The lowest BCUT2D eigenvalue weighted by molar-refractivity contribution is 0.404. The zero-order chi connectivity index (χ0) is 10.6. The number of rotatable bonds is 4. The Bertz CT molecular complexity index is 313. The van der Waals surface area contributed by atoms with Crippen LogP contribution in [0.5, 0.6) is 11.5 Å². The van der Waals surface area contributed by atoms with Crippen molar-refractivity contribution in [3.05, 3.63) is 24.3 Å². The summed E-state index contributed by atoms with van der Waals surface area (Å²) in [5.41, 5.74) is 0. The van der Waals surface area contributed by atoms with Crippen LogP contribution < -0.4 is 9.05 Å². The summed E-state index contributed by atoms with van der Waals surface area (Å²) in [5.74, 6) is 0.391. The predicted octanol–water partition coefficient (Wildman–Crippen LogP) is 1.21. The molecule has 0 saturated carbocycles. The monoisotopic (exact) mass is 238 g/mol. The molecule has 0 aliphatic heterocycles. The van der Waals surface area contributed by atoms with Crippen LogP contribution >= 0.6 is 16.5 Å². The molecule has 8 heteroatoms. The molecule has 14 heavy (non-hydrogen) atoms. The minimum Gasteiger partial charge on any atom is -0.426 e. The van der Waals surface area contributed by atoms with Crippen molar-refractivity contribution in [3.63, 3.8) is 0 Å². The molecule has 0 aliphatic rings. The van der Waals surface area contributed by atoms with Crippen LogP contribution in [0.1, 0.15) is 0 Å². The molecule has 2 N–H and O–H groups in total. The first-order valence-corrected chi connectivity index (χ1v) is 6.02. The van der Waals surface area contributed by atoms with E-state index in [4.69, 9.17) is 9.79 Å². The van der Waals surface area contributed by atoms with E-state index in [-0.39, 0.29) is 11.5 Å². The third-order valence-electron chi connectivity index (χ3n) is 1.23. The Morgan fingerprint density at radius 2 is 1.14 bits per heavy atom. The molecule has 1 aromatic rings. The molecule has 6 nitrogen and oxygen atoms in total. The molecule has 0 radical (unpaired) electrons. The molecule has 0 bridgehead atoms. The molecule has 78 valence electrons. The first kappa shape index (κ1) is 11.3. The lowest BCUT2D eigenvalue weighted by atomic mass is 10.3. The Kier molecular flexibility index (Phi) is 4.17. The first-order valence-electron chi connectivity index (χ1n) is 3.49. The van der Waals surface area contributed by atoms with E-state index in [9.17, 15) is 9.13 Å². The minimum atomic E-state index is -3.02. The Labute approximate surface area is 81.0 Å². The maximum Gasteiger partial charge on any atom is 0.365 e. The summed E-state index contributed by atoms with van der Waals surface area (Å²) in [4.78, 5) is 16.9. The van der Waals surface area contributed by atoms with Gasteiger partial charge >= 0.3 is 16.5 Å². The molecular weight excluding hydrogens is 230 g/mol. The van der Waals surface area contributed by atoms with Crippen LogP contribution in [0.15, 0.2) is 24.3 Å². The van der Waals surface area contributed by atoms with Crippen LogP contribution in [-0.4, -0.2) is 9.79 Å². The molecule has 0 saturated heterocycles. The van der Waals surface area contributed by atoms with E-state index in [0.717, 1.165) is 0 Å². The molecule has 0 spiro atoms. The number of hydrogen-bond acceptors (Lipinski definition) is 4. The lowest BCUT2D eigenvalue weighted by Gasteiger charge is -2.03. The molecule has 0 amide bonds. The summed E-state index contributed by atoms with van der Waals surface area (Å²) in [6.45, 7) is 0. The van der Waals surface area contributed by atoms with Gasteiger partial charge in [-0.3, -0.25) is 0 Å². The van der Waals surface area contributed by atoms with Gasteiger partial charge in [-0.05, 0) is 24.3 Å². The third-order valence-corrected chi connectivity index (χ3v) is 2.05. The minimum absolute atomic E-state index is 0.196. The van der Waals surface area contributed by atoms with E-state index >= 15 is 0 Å². The van der Waals surface area contributed by atoms with Crippen LogP contribution in [0.3, 0.4) is 0 Å². The van der Waals surface area contributed by atoms with E-state index < -0.39 is 16.5 Å². The van der Waals surface area contributed by atoms with Gasteiger partial charge in [0.25, 0.3) is 0 Å². The van der Waals surface area contributed by atoms with Crippen LogP contribution in [0.25, 0.3) is 0 Å². The standard InChI is InChI=1S/C6H8O6P2/c7-13(8)11-5-1-2-6(4-3-5)12-14(9)10/h1-4,13-14H,(H,7,8)(H,9,10). The van der Waals surface area contributed by atoms with Crippen molar-refractivity contribution < 1.29 is 28.0 Å². The van der Waals surface area contributed by atoms with Gasteiger partial charge in [-0.15, -0.1) is 0 Å². The smallest absolute Gasteiger partial charge is 0.365 e. The van der Waals surface area contributed by atoms with Gasteiger partial charge in [0.1, 0.15) is 11.5 Å². The Balaban J connectivity index is 2.68. The van der Waals surface area contributed by atoms with Crippen LogP contribution in [-0.2, 0) is 9.13 Å². The van der Waals surface area contributed by atoms with Gasteiger partial charge in [0.15, 0.2) is 0 Å². The van der Waals surface area contributed by atoms with E-state index in [0.29, 0.717) is 0 Å². The molecule has 1 aromatic carbocycles. The van der Waals surface area contributed by atoms with Crippen molar-refractivity contribution in [2.75, 3.05) is 0 Å². The average molecular weight is 238 g/mol. The molecule has 0 aliphatic carbocycles. The molecule has 2 unspecified atom stereocenters. The van der Waals surface area contributed by atoms with Crippen LogP contribution in [0, 0.1) is 0 Å². The van der Waals surface area contributed by atoms with E-state index in [1.54, 1.807) is 0 Å².